The maximum atomic E-state index is 12.7. The number of nitrogens with zero attached hydrogens (tertiary/aromatic N) is 1. The van der Waals surface area contributed by atoms with Gasteiger partial charge in [0.05, 0.1) is 23.2 Å². The molecule has 21 heavy (non-hydrogen) atoms. The summed E-state index contributed by atoms with van der Waals surface area (Å²) in [4.78, 5) is 0. The molecule has 2 aromatic rings. The summed E-state index contributed by atoms with van der Waals surface area (Å²) < 4.78 is 43.6. The zero-order valence-electron chi connectivity index (χ0n) is 10.5. The van der Waals surface area contributed by atoms with Crippen molar-refractivity contribution in [1.82, 2.24) is 0 Å². The number of benzene rings is 2. The highest BCUT2D eigenvalue weighted by Gasteiger charge is 2.32. The van der Waals surface area contributed by atoms with Crippen LogP contribution in [0.15, 0.2) is 41.6 Å². The average Bonchev–Trinajstić information content (AvgIpc) is 2.44. The third-order valence-corrected chi connectivity index (χ3v) is 3.01. The maximum Gasteiger partial charge on any atom is 0.416 e. The second-order valence-corrected chi connectivity index (χ2v) is 4.44. The van der Waals surface area contributed by atoms with E-state index in [0.717, 1.165) is 12.1 Å². The van der Waals surface area contributed by atoms with Crippen LogP contribution in [-0.4, -0.2) is 11.4 Å². The molecule has 0 bridgehead atoms. The van der Waals surface area contributed by atoms with Crippen LogP contribution in [0.1, 0.15) is 11.1 Å². The normalized spacial score (nSPS) is 13.3. The lowest BCUT2D eigenvalue weighted by atomic mass is 10.1. The molecule has 0 aliphatic carbocycles. The lowest BCUT2D eigenvalue weighted by molar-refractivity contribution is -0.137. The van der Waals surface area contributed by atoms with E-state index in [2.05, 4.69) is 10.5 Å². The number of fused-ring (bicyclic) bond motifs is 2. The molecule has 0 unspecified atom stereocenters. The molecule has 7 heteroatoms. The molecule has 1 aliphatic heterocycles. The van der Waals surface area contributed by atoms with Crippen molar-refractivity contribution in [2.45, 2.75) is 6.18 Å². The monoisotopic (exact) mass is 294 g/mol. The van der Waals surface area contributed by atoms with Gasteiger partial charge < -0.3 is 15.3 Å². The Kier molecular flexibility index (Phi) is 2.97. The molecule has 2 N–H and O–H groups in total. The van der Waals surface area contributed by atoms with Gasteiger partial charge in [0.15, 0.2) is 11.5 Å². The van der Waals surface area contributed by atoms with Crippen LogP contribution in [-0.2, 0) is 6.18 Å². The molecule has 0 saturated carbocycles. The van der Waals surface area contributed by atoms with Crippen LogP contribution in [0.4, 0.5) is 24.5 Å². The predicted molar refractivity (Wildman–Crippen MR) is 70.6 cm³/mol. The molecule has 1 aliphatic rings. The van der Waals surface area contributed by atoms with Gasteiger partial charge in [-0.1, -0.05) is 11.2 Å². The van der Waals surface area contributed by atoms with E-state index in [9.17, 15) is 13.2 Å². The lowest BCUT2D eigenvalue weighted by Crippen LogP contribution is -2.08. The molecular formula is C14H9F3N2O2. The number of halogens is 3. The Morgan fingerprint density at radius 3 is 2.38 bits per heavy atom. The van der Waals surface area contributed by atoms with Gasteiger partial charge in [0.1, 0.15) is 0 Å². The van der Waals surface area contributed by atoms with Crippen LogP contribution >= 0.6 is 0 Å². The highest BCUT2D eigenvalue weighted by atomic mass is 19.4. The van der Waals surface area contributed by atoms with Crippen molar-refractivity contribution in [2.75, 3.05) is 5.32 Å². The number of anilines is 2. The minimum Gasteiger partial charge on any atom is -0.453 e. The Labute approximate surface area is 117 Å². The molecule has 0 saturated heterocycles. The molecule has 0 amide bonds. The summed E-state index contributed by atoms with van der Waals surface area (Å²) in [5, 5.41) is 14.4. The first kappa shape index (κ1) is 13.3. The number of ether oxygens (including phenoxy) is 1. The van der Waals surface area contributed by atoms with Crippen molar-refractivity contribution in [3.05, 3.63) is 47.5 Å². The summed E-state index contributed by atoms with van der Waals surface area (Å²) in [6, 6.07) is 8.19. The fourth-order valence-corrected chi connectivity index (χ4v) is 2.02. The van der Waals surface area contributed by atoms with Crippen molar-refractivity contribution in [3.63, 3.8) is 0 Å². The molecular weight excluding hydrogens is 285 g/mol. The third kappa shape index (κ3) is 2.49. The number of oxime groups is 1. The van der Waals surface area contributed by atoms with Gasteiger partial charge in [-0.25, -0.2) is 0 Å². The van der Waals surface area contributed by atoms with E-state index < -0.39 is 11.7 Å². The third-order valence-electron chi connectivity index (χ3n) is 3.01. The molecule has 3 rings (SSSR count). The van der Waals surface area contributed by atoms with E-state index in [-0.39, 0.29) is 5.75 Å². The lowest BCUT2D eigenvalue weighted by Gasteiger charge is -2.23. The SMILES string of the molecule is O/N=C/c1ccc2c(c1)Oc1cc(C(F)(F)F)ccc1N2. The fraction of sp³-hybridized carbons (Fsp3) is 0.0714. The van der Waals surface area contributed by atoms with E-state index >= 15 is 0 Å². The smallest absolute Gasteiger partial charge is 0.416 e. The number of hydrogen-bond acceptors (Lipinski definition) is 4. The van der Waals surface area contributed by atoms with E-state index in [1.54, 1.807) is 18.2 Å². The molecule has 0 radical (unpaired) electrons. The second kappa shape index (κ2) is 4.69. The zero-order chi connectivity index (χ0) is 15.0. The van der Waals surface area contributed by atoms with E-state index in [4.69, 9.17) is 9.94 Å². The van der Waals surface area contributed by atoms with Gasteiger partial charge in [-0.15, -0.1) is 0 Å². The van der Waals surface area contributed by atoms with E-state index in [1.165, 1.54) is 12.3 Å². The summed E-state index contributed by atoms with van der Waals surface area (Å²) in [5.41, 5.74) is 0.865. The van der Waals surface area contributed by atoms with Crippen molar-refractivity contribution >= 4 is 17.6 Å². The Morgan fingerprint density at radius 2 is 1.71 bits per heavy atom. The molecule has 0 fully saturated rings. The Hall–Kier alpha value is -2.70. The standard InChI is InChI=1S/C14H9F3N2O2/c15-14(16,17)9-2-4-11-13(6-9)21-12-5-8(7-18-20)1-3-10(12)19-11/h1-7,19-20H/b18-7+. The number of rotatable bonds is 1. The Balaban J connectivity index is 1.99. The van der Waals surface area contributed by atoms with Gasteiger partial charge in [-0.05, 0) is 35.9 Å². The average molecular weight is 294 g/mol. The Bertz CT molecular complexity index is 727. The summed E-state index contributed by atoms with van der Waals surface area (Å²) in [6.07, 6.45) is -3.23. The molecule has 1 heterocycles. The highest BCUT2D eigenvalue weighted by Crippen LogP contribution is 2.44. The molecule has 0 aromatic heterocycles. The van der Waals surface area contributed by atoms with Crippen molar-refractivity contribution < 1.29 is 23.1 Å². The fourth-order valence-electron chi connectivity index (χ4n) is 2.02. The van der Waals surface area contributed by atoms with Gasteiger partial charge in [-0.3, -0.25) is 0 Å². The molecule has 4 nitrogen and oxygen atoms in total. The van der Waals surface area contributed by atoms with Crippen LogP contribution in [0.25, 0.3) is 0 Å². The van der Waals surface area contributed by atoms with E-state index in [0.29, 0.717) is 22.7 Å². The molecule has 2 aromatic carbocycles. The Morgan fingerprint density at radius 1 is 1.05 bits per heavy atom. The first-order valence-corrected chi connectivity index (χ1v) is 5.95. The maximum absolute atomic E-state index is 12.7. The molecule has 108 valence electrons. The topological polar surface area (TPSA) is 53.9 Å². The van der Waals surface area contributed by atoms with E-state index in [1.807, 2.05) is 0 Å². The first-order valence-electron chi connectivity index (χ1n) is 5.95. The van der Waals surface area contributed by atoms with Crippen molar-refractivity contribution in [1.29, 1.82) is 0 Å². The molecule has 0 atom stereocenters. The summed E-state index contributed by atoms with van der Waals surface area (Å²) in [6.45, 7) is 0. The largest absolute Gasteiger partial charge is 0.453 e. The van der Waals surface area contributed by atoms with Gasteiger partial charge in [-0.2, -0.15) is 13.2 Å². The minimum atomic E-state index is -4.43. The van der Waals surface area contributed by atoms with Gasteiger partial charge in [0.2, 0.25) is 0 Å². The quantitative estimate of drug-likeness (QED) is 0.398. The van der Waals surface area contributed by atoms with Crippen LogP contribution in [0, 0.1) is 0 Å². The van der Waals surface area contributed by atoms with Crippen LogP contribution in [0.5, 0.6) is 11.5 Å². The van der Waals surface area contributed by atoms with Crippen molar-refractivity contribution in [2.24, 2.45) is 5.16 Å². The molecule has 0 spiro atoms. The summed E-state index contributed by atoms with van der Waals surface area (Å²) in [5.74, 6) is 0.453. The van der Waals surface area contributed by atoms with Gasteiger partial charge in [0.25, 0.3) is 0 Å². The highest BCUT2D eigenvalue weighted by molar-refractivity contribution is 5.84. The first-order chi connectivity index (χ1) is 9.97. The minimum absolute atomic E-state index is 0.0930. The summed E-state index contributed by atoms with van der Waals surface area (Å²) in [7, 11) is 0. The van der Waals surface area contributed by atoms with Crippen LogP contribution < -0.4 is 10.1 Å². The van der Waals surface area contributed by atoms with Gasteiger partial charge >= 0.3 is 6.18 Å². The number of alkyl halides is 3. The van der Waals surface area contributed by atoms with Crippen LogP contribution in [0.3, 0.4) is 0 Å². The predicted octanol–water partition coefficient (Wildman–Crippen LogP) is 4.36. The number of nitrogens with one attached hydrogen (secondary N) is 1. The van der Waals surface area contributed by atoms with Crippen molar-refractivity contribution in [3.8, 4) is 11.5 Å². The second-order valence-electron chi connectivity index (χ2n) is 4.44. The zero-order valence-corrected chi connectivity index (χ0v) is 10.5. The van der Waals surface area contributed by atoms with Crippen LogP contribution in [0.2, 0.25) is 0 Å². The number of hydrogen-bond donors (Lipinski definition) is 2. The summed E-state index contributed by atoms with van der Waals surface area (Å²) >= 11 is 0. The van der Waals surface area contributed by atoms with Gasteiger partial charge in [0, 0.05) is 0 Å².